The zero-order chi connectivity index (χ0) is 22.2. The summed E-state index contributed by atoms with van der Waals surface area (Å²) < 4.78 is 0. The van der Waals surface area contributed by atoms with Gasteiger partial charge in [-0.2, -0.15) is 0 Å². The van der Waals surface area contributed by atoms with Gasteiger partial charge in [-0.3, -0.25) is 10.1 Å². The number of imidazole rings is 1. The van der Waals surface area contributed by atoms with Crippen molar-refractivity contribution in [2.24, 2.45) is 0 Å². The minimum absolute atomic E-state index is 0.0711. The molecule has 0 unspecified atom stereocenters. The Morgan fingerprint density at radius 1 is 0.656 bits per heavy atom. The Morgan fingerprint density at radius 3 is 1.78 bits per heavy atom. The van der Waals surface area contributed by atoms with Crippen LogP contribution in [0, 0.1) is 10.1 Å². The third kappa shape index (κ3) is 5.55. The largest absolute Gasteiger partial charge is 0.338 e. The highest BCUT2D eigenvalue weighted by Crippen LogP contribution is 2.18. The van der Waals surface area contributed by atoms with E-state index in [4.69, 9.17) is 4.98 Å². The highest BCUT2D eigenvalue weighted by atomic mass is 16.6. The lowest BCUT2D eigenvalue weighted by Crippen LogP contribution is -1.86. The maximum atomic E-state index is 10.8. The molecule has 4 rings (SSSR count). The number of nitrogens with zero attached hydrogens (tertiary/aromatic N) is 2. The number of benzene rings is 3. The second-order valence-electron chi connectivity index (χ2n) is 7.09. The monoisotopic (exact) mass is 419 g/mol. The van der Waals surface area contributed by atoms with Crippen molar-refractivity contribution in [3.8, 4) is 0 Å². The molecule has 0 aliphatic rings. The van der Waals surface area contributed by atoms with E-state index < -0.39 is 4.92 Å². The maximum absolute atomic E-state index is 10.8. The number of H-pyrrole nitrogens is 1. The fraction of sp³-hybridized carbons (Fsp3) is 0. The lowest BCUT2D eigenvalue weighted by molar-refractivity contribution is -0.384. The molecule has 0 saturated heterocycles. The van der Waals surface area contributed by atoms with Gasteiger partial charge in [0, 0.05) is 12.1 Å². The molecule has 0 bridgehead atoms. The van der Waals surface area contributed by atoms with Gasteiger partial charge in [-0.25, -0.2) is 4.98 Å². The van der Waals surface area contributed by atoms with E-state index in [0.717, 1.165) is 28.1 Å². The first-order valence-electron chi connectivity index (χ1n) is 10.2. The summed E-state index contributed by atoms with van der Waals surface area (Å²) in [5.74, 6) is 0.698. The van der Waals surface area contributed by atoms with Crippen molar-refractivity contribution in [1.29, 1.82) is 0 Å². The normalized spacial score (nSPS) is 11.6. The summed E-state index contributed by atoms with van der Waals surface area (Å²) in [6.45, 7) is 0. The molecule has 32 heavy (non-hydrogen) atoms. The van der Waals surface area contributed by atoms with Crippen molar-refractivity contribution in [2.45, 2.75) is 0 Å². The fourth-order valence-electron chi connectivity index (χ4n) is 3.12. The highest BCUT2D eigenvalue weighted by Gasteiger charge is 2.05. The van der Waals surface area contributed by atoms with Gasteiger partial charge in [0.1, 0.15) is 5.82 Å². The lowest BCUT2D eigenvalue weighted by Gasteiger charge is -1.94. The van der Waals surface area contributed by atoms with E-state index in [-0.39, 0.29) is 5.69 Å². The zero-order valence-electron chi connectivity index (χ0n) is 17.3. The SMILES string of the molecule is O=[N+]([O-])c1ccc(/C=C/c2nc(/C=C/c3ccccc3)c(/C=C/c3ccccc3)[nH]2)cc1. The van der Waals surface area contributed by atoms with Crippen LogP contribution in [0.2, 0.25) is 0 Å². The van der Waals surface area contributed by atoms with Gasteiger partial charge >= 0.3 is 0 Å². The second kappa shape index (κ2) is 10.00. The number of nitro benzene ring substituents is 1. The third-order valence-electron chi connectivity index (χ3n) is 4.79. The molecule has 5 nitrogen and oxygen atoms in total. The first kappa shape index (κ1) is 20.8. The van der Waals surface area contributed by atoms with E-state index in [1.807, 2.05) is 97.1 Å². The third-order valence-corrected chi connectivity index (χ3v) is 4.79. The van der Waals surface area contributed by atoms with Crippen molar-refractivity contribution in [1.82, 2.24) is 9.97 Å². The van der Waals surface area contributed by atoms with Crippen LogP contribution in [0.4, 0.5) is 5.69 Å². The molecule has 1 heterocycles. The predicted molar refractivity (Wildman–Crippen MR) is 131 cm³/mol. The van der Waals surface area contributed by atoms with E-state index in [9.17, 15) is 10.1 Å². The number of aromatic nitrogens is 2. The molecule has 156 valence electrons. The quantitative estimate of drug-likeness (QED) is 0.264. The first-order chi connectivity index (χ1) is 15.7. The average molecular weight is 419 g/mol. The lowest BCUT2D eigenvalue weighted by atomic mass is 10.1. The van der Waals surface area contributed by atoms with E-state index in [0.29, 0.717) is 5.82 Å². The standard InChI is InChI=1S/C27H21N3O2/c31-30(32)24-16-11-23(12-17-24)15-20-27-28-25(18-13-21-7-3-1-4-8-21)26(29-27)19-14-22-9-5-2-6-10-22/h1-20H,(H,28,29)/b18-13+,19-14+,20-15+. The molecule has 3 aromatic carbocycles. The van der Waals surface area contributed by atoms with Crippen LogP contribution in [-0.2, 0) is 0 Å². The number of hydrogen-bond acceptors (Lipinski definition) is 3. The summed E-state index contributed by atoms with van der Waals surface area (Å²) in [6, 6.07) is 26.5. The minimum Gasteiger partial charge on any atom is -0.338 e. The molecular weight excluding hydrogens is 398 g/mol. The Hall–Kier alpha value is -4.51. The molecule has 0 radical (unpaired) electrons. The van der Waals surface area contributed by atoms with Gasteiger partial charge < -0.3 is 4.98 Å². The topological polar surface area (TPSA) is 71.8 Å². The molecule has 1 aromatic heterocycles. The molecule has 0 fully saturated rings. The number of hydrogen-bond donors (Lipinski definition) is 1. The van der Waals surface area contributed by atoms with E-state index in [1.54, 1.807) is 12.1 Å². The number of nitrogens with one attached hydrogen (secondary N) is 1. The number of rotatable bonds is 7. The second-order valence-corrected chi connectivity index (χ2v) is 7.09. The number of nitro groups is 1. The Balaban J connectivity index is 1.61. The van der Waals surface area contributed by atoms with Gasteiger partial charge in [0.2, 0.25) is 0 Å². The molecule has 0 aliphatic carbocycles. The van der Waals surface area contributed by atoms with Crippen LogP contribution >= 0.6 is 0 Å². The molecule has 4 aromatic rings. The van der Waals surface area contributed by atoms with Crippen LogP contribution in [0.5, 0.6) is 0 Å². The first-order valence-corrected chi connectivity index (χ1v) is 10.2. The van der Waals surface area contributed by atoms with Gasteiger partial charge in [-0.05, 0) is 47.1 Å². The summed E-state index contributed by atoms with van der Waals surface area (Å²) >= 11 is 0. The van der Waals surface area contributed by atoms with Crippen LogP contribution in [0.3, 0.4) is 0 Å². The summed E-state index contributed by atoms with van der Waals surface area (Å²) in [5.41, 5.74) is 4.84. The molecule has 0 atom stereocenters. The smallest absolute Gasteiger partial charge is 0.269 e. The predicted octanol–water partition coefficient (Wildman–Crippen LogP) is 6.83. The van der Waals surface area contributed by atoms with Crippen molar-refractivity contribution in [3.63, 3.8) is 0 Å². The Labute approximate surface area is 186 Å². The van der Waals surface area contributed by atoms with Crippen LogP contribution in [0.25, 0.3) is 36.5 Å². The van der Waals surface area contributed by atoms with Gasteiger partial charge in [0.15, 0.2) is 0 Å². The molecular formula is C27H21N3O2. The van der Waals surface area contributed by atoms with Crippen LogP contribution in [0.15, 0.2) is 84.9 Å². The number of non-ortho nitro benzene ring substituents is 1. The van der Waals surface area contributed by atoms with Crippen molar-refractivity contribution >= 4 is 42.1 Å². The summed E-state index contributed by atoms with van der Waals surface area (Å²) in [6.07, 6.45) is 11.8. The van der Waals surface area contributed by atoms with Crippen LogP contribution in [-0.4, -0.2) is 14.9 Å². The zero-order valence-corrected chi connectivity index (χ0v) is 17.3. The summed E-state index contributed by atoms with van der Waals surface area (Å²) in [7, 11) is 0. The van der Waals surface area contributed by atoms with Crippen LogP contribution < -0.4 is 0 Å². The van der Waals surface area contributed by atoms with Gasteiger partial charge in [-0.15, -0.1) is 0 Å². The Kier molecular flexibility index (Phi) is 6.48. The van der Waals surface area contributed by atoms with E-state index in [2.05, 4.69) is 4.98 Å². The average Bonchev–Trinajstić information content (AvgIpc) is 3.23. The van der Waals surface area contributed by atoms with E-state index in [1.165, 1.54) is 12.1 Å². The van der Waals surface area contributed by atoms with Crippen LogP contribution in [0.1, 0.15) is 33.9 Å². The summed E-state index contributed by atoms with van der Waals surface area (Å²) in [5, 5.41) is 10.8. The molecule has 0 amide bonds. The fourth-order valence-corrected chi connectivity index (χ4v) is 3.12. The van der Waals surface area contributed by atoms with Crippen molar-refractivity contribution in [3.05, 3.63) is 129 Å². The molecule has 5 heteroatoms. The Morgan fingerprint density at radius 2 is 1.19 bits per heavy atom. The van der Waals surface area contributed by atoms with Crippen molar-refractivity contribution in [2.75, 3.05) is 0 Å². The van der Waals surface area contributed by atoms with Gasteiger partial charge in [0.05, 0.1) is 16.3 Å². The molecule has 0 saturated carbocycles. The molecule has 0 spiro atoms. The maximum Gasteiger partial charge on any atom is 0.269 e. The highest BCUT2D eigenvalue weighted by molar-refractivity contribution is 5.78. The van der Waals surface area contributed by atoms with E-state index >= 15 is 0 Å². The Bertz CT molecular complexity index is 1200. The number of aromatic amines is 1. The van der Waals surface area contributed by atoms with Crippen molar-refractivity contribution < 1.29 is 4.92 Å². The molecule has 0 aliphatic heterocycles. The minimum atomic E-state index is -0.406. The van der Waals surface area contributed by atoms with Gasteiger partial charge in [-0.1, -0.05) is 78.9 Å². The van der Waals surface area contributed by atoms with Gasteiger partial charge in [0.25, 0.3) is 5.69 Å². The molecule has 1 N–H and O–H groups in total. The summed E-state index contributed by atoms with van der Waals surface area (Å²) in [4.78, 5) is 18.5.